The van der Waals surface area contributed by atoms with Gasteiger partial charge in [-0.2, -0.15) is 0 Å². The van der Waals surface area contributed by atoms with Crippen molar-refractivity contribution in [3.05, 3.63) is 64.2 Å². The molecule has 3 aromatic rings. The number of carbonyl (C=O) groups is 1. The second kappa shape index (κ2) is 9.75. The molecule has 0 saturated heterocycles. The van der Waals surface area contributed by atoms with E-state index in [-0.39, 0.29) is 23.0 Å². The number of rotatable bonds is 8. The molecule has 0 unspecified atom stereocenters. The van der Waals surface area contributed by atoms with Crippen molar-refractivity contribution in [3.63, 3.8) is 0 Å². The van der Waals surface area contributed by atoms with E-state index in [0.29, 0.717) is 41.3 Å². The number of carbonyl (C=O) groups excluding carboxylic acids is 1. The number of hydrogen-bond acceptors (Lipinski definition) is 5. The van der Waals surface area contributed by atoms with Crippen LogP contribution in [-0.4, -0.2) is 39.8 Å². The van der Waals surface area contributed by atoms with Gasteiger partial charge in [-0.05, 0) is 43.7 Å². The number of nitrogens with zero attached hydrogens (tertiary/aromatic N) is 3. The molecule has 8 heteroatoms. The quantitative estimate of drug-likeness (QED) is 0.404. The summed E-state index contributed by atoms with van der Waals surface area (Å²) in [5.74, 6) is -0.260. The first kappa shape index (κ1) is 21.8. The second-order valence-electron chi connectivity index (χ2n) is 6.63. The molecule has 0 radical (unpaired) electrons. The molecule has 6 nitrogen and oxygen atoms in total. The third kappa shape index (κ3) is 4.64. The lowest BCUT2D eigenvalue weighted by Crippen LogP contribution is -2.32. The molecule has 30 heavy (non-hydrogen) atoms. The van der Waals surface area contributed by atoms with E-state index in [4.69, 9.17) is 4.74 Å². The minimum absolute atomic E-state index is 0.108. The van der Waals surface area contributed by atoms with Gasteiger partial charge in [-0.25, -0.2) is 9.37 Å². The van der Waals surface area contributed by atoms with Gasteiger partial charge in [0.15, 0.2) is 16.7 Å². The molecule has 0 fully saturated rings. The van der Waals surface area contributed by atoms with Gasteiger partial charge in [0.2, 0.25) is 5.91 Å². The highest BCUT2D eigenvalue weighted by Crippen LogP contribution is 2.21. The van der Waals surface area contributed by atoms with E-state index in [0.717, 1.165) is 0 Å². The van der Waals surface area contributed by atoms with Gasteiger partial charge < -0.3 is 9.64 Å². The SMILES string of the molecule is CCN(Cc1ccc(OC)c(F)c1)C(=O)CSc1nc2ccccc2c(=O)n1CC. The Hall–Kier alpha value is -2.87. The number of amides is 1. The van der Waals surface area contributed by atoms with Crippen LogP contribution < -0.4 is 10.3 Å². The summed E-state index contributed by atoms with van der Waals surface area (Å²) in [6.45, 7) is 5.00. The predicted octanol–water partition coefficient (Wildman–Crippen LogP) is 3.70. The highest BCUT2D eigenvalue weighted by molar-refractivity contribution is 7.99. The van der Waals surface area contributed by atoms with Crippen molar-refractivity contribution in [1.29, 1.82) is 0 Å². The molecule has 158 valence electrons. The van der Waals surface area contributed by atoms with Crippen molar-refractivity contribution in [2.75, 3.05) is 19.4 Å². The summed E-state index contributed by atoms with van der Waals surface area (Å²) in [6.07, 6.45) is 0. The summed E-state index contributed by atoms with van der Waals surface area (Å²) in [4.78, 5) is 31.7. The van der Waals surface area contributed by atoms with Crippen LogP contribution in [0.3, 0.4) is 0 Å². The molecule has 2 aromatic carbocycles. The molecule has 0 bridgehead atoms. The summed E-state index contributed by atoms with van der Waals surface area (Å²) in [6, 6.07) is 11.9. The molecule has 0 aliphatic rings. The van der Waals surface area contributed by atoms with Gasteiger partial charge in [0.1, 0.15) is 0 Å². The number of aromatic nitrogens is 2. The van der Waals surface area contributed by atoms with E-state index in [1.807, 2.05) is 26.0 Å². The number of ether oxygens (including phenoxy) is 1. The Morgan fingerprint density at radius 1 is 1.23 bits per heavy atom. The molecular formula is C22H24FN3O3S. The number of hydrogen-bond donors (Lipinski definition) is 0. The van der Waals surface area contributed by atoms with Gasteiger partial charge in [-0.1, -0.05) is 30.0 Å². The standard InChI is InChI=1S/C22H24FN3O3S/c1-4-25(13-15-10-11-19(29-3)17(23)12-15)20(27)14-30-22-24-18-9-7-6-8-16(18)21(28)26(22)5-2/h6-12H,4-5,13-14H2,1-3H3. The Balaban J connectivity index is 1.75. The maximum absolute atomic E-state index is 14.0. The number of methoxy groups -OCH3 is 1. The Morgan fingerprint density at radius 2 is 2.00 bits per heavy atom. The van der Waals surface area contributed by atoms with Crippen LogP contribution in [0.5, 0.6) is 5.75 Å². The van der Waals surface area contributed by atoms with Crippen LogP contribution in [0.15, 0.2) is 52.4 Å². The fourth-order valence-electron chi connectivity index (χ4n) is 3.16. The van der Waals surface area contributed by atoms with Gasteiger partial charge in [0.25, 0.3) is 5.56 Å². The van der Waals surface area contributed by atoms with Crippen LogP contribution >= 0.6 is 11.8 Å². The lowest BCUT2D eigenvalue weighted by Gasteiger charge is -2.21. The van der Waals surface area contributed by atoms with Crippen molar-refractivity contribution < 1.29 is 13.9 Å². The Kier molecular flexibility index (Phi) is 7.10. The predicted molar refractivity (Wildman–Crippen MR) is 116 cm³/mol. The minimum atomic E-state index is -0.458. The van der Waals surface area contributed by atoms with Crippen LogP contribution in [0.1, 0.15) is 19.4 Å². The monoisotopic (exact) mass is 429 g/mol. The smallest absolute Gasteiger partial charge is 0.262 e. The fraction of sp³-hybridized carbons (Fsp3) is 0.318. The number of para-hydroxylation sites is 1. The van der Waals surface area contributed by atoms with Crippen molar-refractivity contribution in [3.8, 4) is 5.75 Å². The average Bonchev–Trinajstić information content (AvgIpc) is 2.76. The Bertz CT molecular complexity index is 1120. The zero-order valence-electron chi connectivity index (χ0n) is 17.2. The highest BCUT2D eigenvalue weighted by Gasteiger charge is 2.17. The lowest BCUT2D eigenvalue weighted by atomic mass is 10.2. The zero-order valence-corrected chi connectivity index (χ0v) is 18.0. The van der Waals surface area contributed by atoms with Crippen LogP contribution in [0, 0.1) is 5.82 Å². The van der Waals surface area contributed by atoms with Crippen LogP contribution in [0.4, 0.5) is 4.39 Å². The van der Waals surface area contributed by atoms with E-state index in [2.05, 4.69) is 4.98 Å². The average molecular weight is 430 g/mol. The lowest BCUT2D eigenvalue weighted by molar-refractivity contribution is -0.128. The minimum Gasteiger partial charge on any atom is -0.494 e. The molecule has 0 aliphatic heterocycles. The number of thioether (sulfide) groups is 1. The van der Waals surface area contributed by atoms with E-state index in [1.165, 1.54) is 24.9 Å². The Morgan fingerprint density at radius 3 is 2.67 bits per heavy atom. The van der Waals surface area contributed by atoms with Crippen LogP contribution in [0.25, 0.3) is 10.9 Å². The summed E-state index contributed by atoms with van der Waals surface area (Å²) >= 11 is 1.24. The molecule has 0 spiro atoms. The van der Waals surface area contributed by atoms with Gasteiger partial charge >= 0.3 is 0 Å². The molecule has 3 rings (SSSR count). The van der Waals surface area contributed by atoms with Crippen molar-refractivity contribution >= 4 is 28.6 Å². The largest absolute Gasteiger partial charge is 0.494 e. The molecule has 1 heterocycles. The fourth-order valence-corrected chi connectivity index (χ4v) is 4.13. The topological polar surface area (TPSA) is 64.4 Å². The van der Waals surface area contributed by atoms with Crippen LogP contribution in [-0.2, 0) is 17.9 Å². The first-order chi connectivity index (χ1) is 14.5. The van der Waals surface area contributed by atoms with E-state index >= 15 is 0 Å². The number of fused-ring (bicyclic) bond motifs is 1. The molecule has 1 amide bonds. The molecular weight excluding hydrogens is 405 g/mol. The molecule has 0 saturated carbocycles. The van der Waals surface area contributed by atoms with E-state index in [9.17, 15) is 14.0 Å². The summed E-state index contributed by atoms with van der Waals surface area (Å²) in [5, 5.41) is 1.08. The summed E-state index contributed by atoms with van der Waals surface area (Å²) in [7, 11) is 1.41. The van der Waals surface area contributed by atoms with E-state index < -0.39 is 5.82 Å². The van der Waals surface area contributed by atoms with Gasteiger partial charge in [-0.3, -0.25) is 14.2 Å². The third-order valence-electron chi connectivity index (χ3n) is 4.79. The van der Waals surface area contributed by atoms with E-state index in [1.54, 1.807) is 33.7 Å². The molecule has 0 aliphatic carbocycles. The first-order valence-electron chi connectivity index (χ1n) is 9.71. The summed E-state index contributed by atoms with van der Waals surface area (Å²) in [5.41, 5.74) is 1.19. The van der Waals surface area contributed by atoms with Crippen molar-refractivity contribution in [2.24, 2.45) is 0 Å². The van der Waals surface area contributed by atoms with Crippen molar-refractivity contribution in [2.45, 2.75) is 32.1 Å². The highest BCUT2D eigenvalue weighted by atomic mass is 32.2. The molecule has 1 aromatic heterocycles. The maximum Gasteiger partial charge on any atom is 0.262 e. The van der Waals surface area contributed by atoms with Gasteiger partial charge in [0.05, 0.1) is 23.8 Å². The molecule has 0 N–H and O–H groups in total. The second-order valence-corrected chi connectivity index (χ2v) is 7.57. The summed E-state index contributed by atoms with van der Waals surface area (Å²) < 4.78 is 20.5. The van der Waals surface area contributed by atoms with Gasteiger partial charge in [-0.15, -0.1) is 0 Å². The normalized spacial score (nSPS) is 10.9. The number of benzene rings is 2. The first-order valence-corrected chi connectivity index (χ1v) is 10.7. The third-order valence-corrected chi connectivity index (χ3v) is 5.75. The van der Waals surface area contributed by atoms with Crippen molar-refractivity contribution in [1.82, 2.24) is 14.5 Å². The zero-order chi connectivity index (χ0) is 21.7. The Labute approximate surface area is 178 Å². The van der Waals surface area contributed by atoms with Gasteiger partial charge in [0, 0.05) is 19.6 Å². The number of halogens is 1. The van der Waals surface area contributed by atoms with Crippen LogP contribution in [0.2, 0.25) is 0 Å². The molecule has 0 atom stereocenters. The maximum atomic E-state index is 14.0.